The number of pyridine rings is 1. The maximum atomic E-state index is 5.22. The van der Waals surface area contributed by atoms with Gasteiger partial charge in [0.1, 0.15) is 0 Å². The van der Waals surface area contributed by atoms with Gasteiger partial charge in [0.05, 0.1) is 4.88 Å². The van der Waals surface area contributed by atoms with Crippen molar-refractivity contribution in [3.8, 4) is 22.8 Å². The predicted octanol–water partition coefficient (Wildman–Crippen LogP) is 5.56. The first-order valence-electron chi connectivity index (χ1n) is 9.83. The summed E-state index contributed by atoms with van der Waals surface area (Å²) < 4.78 is 0. The van der Waals surface area contributed by atoms with Gasteiger partial charge in [0.2, 0.25) is 0 Å². The van der Waals surface area contributed by atoms with Crippen LogP contribution in [-0.2, 0) is 6.42 Å². The first-order valence-corrected chi connectivity index (χ1v) is 10.6. The molecule has 0 aliphatic rings. The largest absolute Gasteiger partial charge is 0.332 e. The number of hydrogen-bond donors (Lipinski definition) is 1. The van der Waals surface area contributed by atoms with Gasteiger partial charge >= 0.3 is 0 Å². The third-order valence-corrected chi connectivity index (χ3v) is 5.49. The second-order valence-corrected chi connectivity index (χ2v) is 8.15. The molecular formula is C25H26N4S. The Balaban J connectivity index is 1.49. The first-order chi connectivity index (χ1) is 14.6. The zero-order chi connectivity index (χ0) is 21.2. The molecule has 2 heterocycles. The highest BCUT2D eigenvalue weighted by molar-refractivity contribution is 7.18. The van der Waals surface area contributed by atoms with E-state index in [4.69, 9.17) is 6.42 Å². The van der Waals surface area contributed by atoms with E-state index in [1.54, 1.807) is 23.6 Å². The fourth-order valence-electron chi connectivity index (χ4n) is 3.00. The Labute approximate surface area is 183 Å². The quantitative estimate of drug-likeness (QED) is 0.368. The smallest absolute Gasteiger partial charge is 0.187 e. The van der Waals surface area contributed by atoms with Crippen molar-refractivity contribution in [3.05, 3.63) is 84.4 Å². The van der Waals surface area contributed by atoms with Gasteiger partial charge in [-0.1, -0.05) is 53.2 Å². The van der Waals surface area contributed by atoms with Crippen LogP contribution in [0.3, 0.4) is 0 Å². The van der Waals surface area contributed by atoms with E-state index in [2.05, 4.69) is 70.4 Å². The minimum absolute atomic E-state index is 0.877. The molecule has 4 nitrogen and oxygen atoms in total. The zero-order valence-corrected chi connectivity index (χ0v) is 18.2. The van der Waals surface area contributed by atoms with Crippen LogP contribution in [0.15, 0.2) is 78.8 Å². The summed E-state index contributed by atoms with van der Waals surface area (Å²) in [6.07, 6.45) is 17.4. The molecule has 0 amide bonds. The van der Waals surface area contributed by atoms with Gasteiger partial charge in [-0.05, 0) is 50.2 Å². The molecule has 0 aliphatic heterocycles. The monoisotopic (exact) mass is 414 g/mol. The molecule has 0 radical (unpaired) electrons. The Morgan fingerprint density at radius 1 is 1.23 bits per heavy atom. The number of likely N-dealkylation sites (N-methyl/N-ethyl adjacent to an activating group) is 1. The van der Waals surface area contributed by atoms with Crippen LogP contribution in [0.5, 0.6) is 0 Å². The summed E-state index contributed by atoms with van der Waals surface area (Å²) in [5, 5.41) is 4.26. The number of aromatic nitrogens is 2. The van der Waals surface area contributed by atoms with Gasteiger partial charge < -0.3 is 10.2 Å². The van der Waals surface area contributed by atoms with Crippen molar-refractivity contribution >= 4 is 22.2 Å². The summed E-state index contributed by atoms with van der Waals surface area (Å²) in [4.78, 5) is 12.1. The molecule has 2 aromatic heterocycles. The third-order valence-electron chi connectivity index (χ3n) is 4.53. The maximum absolute atomic E-state index is 5.22. The molecule has 0 aliphatic carbocycles. The van der Waals surface area contributed by atoms with Gasteiger partial charge in [-0.2, -0.15) is 0 Å². The molecule has 3 rings (SSSR count). The SMILES string of the molecule is C#C/C=C\C=C(/C)CN(C)CCc1ccc(Nc2ncc(-c3cccnc3)s2)cc1. The van der Waals surface area contributed by atoms with Crippen LogP contribution in [0.2, 0.25) is 0 Å². The van der Waals surface area contributed by atoms with Gasteiger partial charge in [-0.3, -0.25) is 4.98 Å². The zero-order valence-electron chi connectivity index (χ0n) is 17.4. The van der Waals surface area contributed by atoms with Crippen LogP contribution in [0.1, 0.15) is 12.5 Å². The number of hydrogen-bond acceptors (Lipinski definition) is 5. The molecule has 0 atom stereocenters. The van der Waals surface area contributed by atoms with Gasteiger partial charge in [-0.25, -0.2) is 4.98 Å². The Morgan fingerprint density at radius 3 is 2.80 bits per heavy atom. The molecule has 1 aromatic carbocycles. The van der Waals surface area contributed by atoms with Crippen molar-refractivity contribution in [3.63, 3.8) is 0 Å². The summed E-state index contributed by atoms with van der Waals surface area (Å²) in [7, 11) is 2.14. The number of terminal acetylenes is 1. The van der Waals surface area contributed by atoms with E-state index in [0.29, 0.717) is 0 Å². The van der Waals surface area contributed by atoms with Crippen molar-refractivity contribution in [1.29, 1.82) is 0 Å². The van der Waals surface area contributed by atoms with Gasteiger partial charge in [0.25, 0.3) is 0 Å². The number of thiazole rings is 1. The average molecular weight is 415 g/mol. The second kappa shape index (κ2) is 11.1. The molecule has 0 saturated carbocycles. The Hall–Kier alpha value is -3.20. The lowest BCUT2D eigenvalue weighted by Crippen LogP contribution is -2.23. The predicted molar refractivity (Wildman–Crippen MR) is 128 cm³/mol. The summed E-state index contributed by atoms with van der Waals surface area (Å²) in [5.74, 6) is 2.50. The number of rotatable bonds is 9. The van der Waals surface area contributed by atoms with Gasteiger partial charge in [0.15, 0.2) is 5.13 Å². The minimum atomic E-state index is 0.877. The second-order valence-electron chi connectivity index (χ2n) is 7.12. The molecule has 30 heavy (non-hydrogen) atoms. The average Bonchev–Trinajstić information content (AvgIpc) is 3.22. The minimum Gasteiger partial charge on any atom is -0.332 e. The van der Waals surface area contributed by atoms with Crippen molar-refractivity contribution < 1.29 is 0 Å². The van der Waals surface area contributed by atoms with E-state index >= 15 is 0 Å². The molecule has 0 fully saturated rings. The van der Waals surface area contributed by atoms with Crippen LogP contribution in [0, 0.1) is 12.3 Å². The fourth-order valence-corrected chi connectivity index (χ4v) is 3.82. The Bertz CT molecular complexity index is 1030. The van der Waals surface area contributed by atoms with Crippen molar-refractivity contribution in [1.82, 2.24) is 14.9 Å². The Morgan fingerprint density at radius 2 is 2.07 bits per heavy atom. The van der Waals surface area contributed by atoms with E-state index in [-0.39, 0.29) is 0 Å². The molecule has 0 bridgehead atoms. The van der Waals surface area contributed by atoms with E-state index in [0.717, 1.165) is 40.8 Å². The lowest BCUT2D eigenvalue weighted by Gasteiger charge is -2.17. The van der Waals surface area contributed by atoms with Crippen LogP contribution in [0.25, 0.3) is 10.4 Å². The van der Waals surface area contributed by atoms with Gasteiger partial charge in [-0.15, -0.1) is 6.42 Å². The third kappa shape index (κ3) is 6.70. The summed E-state index contributed by atoms with van der Waals surface area (Å²) >= 11 is 1.62. The van der Waals surface area contributed by atoms with Crippen molar-refractivity contribution in [2.75, 3.05) is 25.5 Å². The van der Waals surface area contributed by atoms with Crippen molar-refractivity contribution in [2.24, 2.45) is 0 Å². The molecular weight excluding hydrogens is 388 g/mol. The van der Waals surface area contributed by atoms with Crippen molar-refractivity contribution in [2.45, 2.75) is 13.3 Å². The molecule has 152 valence electrons. The lowest BCUT2D eigenvalue weighted by molar-refractivity contribution is 0.367. The molecule has 5 heteroatoms. The standard InChI is InChI=1S/C25H26N4S/c1-4-5-6-8-20(2)19-29(3)16-14-21-10-12-23(13-11-21)28-25-27-18-24(30-25)22-9-7-15-26-17-22/h1,5-13,15,17-18H,14,16,19H2,2-3H3,(H,27,28)/b6-5-,20-8+. The summed E-state index contributed by atoms with van der Waals surface area (Å²) in [6, 6.07) is 12.5. The molecule has 3 aromatic rings. The lowest BCUT2D eigenvalue weighted by atomic mass is 10.1. The molecule has 0 saturated heterocycles. The van der Waals surface area contributed by atoms with Crippen LogP contribution >= 0.6 is 11.3 Å². The molecule has 0 unspecified atom stereocenters. The normalized spacial score (nSPS) is 11.7. The maximum Gasteiger partial charge on any atom is 0.187 e. The highest BCUT2D eigenvalue weighted by Crippen LogP contribution is 2.30. The van der Waals surface area contributed by atoms with Gasteiger partial charge in [0, 0.05) is 42.9 Å². The topological polar surface area (TPSA) is 41.0 Å². The molecule has 0 spiro atoms. The summed E-state index contributed by atoms with van der Waals surface area (Å²) in [5.41, 5.74) is 4.73. The summed E-state index contributed by atoms with van der Waals surface area (Å²) in [6.45, 7) is 4.05. The number of nitrogens with zero attached hydrogens (tertiary/aromatic N) is 3. The number of allylic oxidation sites excluding steroid dienone is 3. The van der Waals surface area contributed by atoms with E-state index < -0.39 is 0 Å². The van der Waals surface area contributed by atoms with Crippen LogP contribution in [0.4, 0.5) is 10.8 Å². The van der Waals surface area contributed by atoms with Crippen LogP contribution in [-0.4, -0.2) is 35.0 Å². The fraction of sp³-hybridized carbons (Fsp3) is 0.200. The highest BCUT2D eigenvalue weighted by atomic mass is 32.1. The highest BCUT2D eigenvalue weighted by Gasteiger charge is 2.05. The number of nitrogens with one attached hydrogen (secondary N) is 1. The number of benzene rings is 1. The number of anilines is 2. The van der Waals surface area contributed by atoms with E-state index in [9.17, 15) is 0 Å². The van der Waals surface area contributed by atoms with Crippen LogP contribution < -0.4 is 5.32 Å². The Kier molecular flexibility index (Phi) is 7.96. The van der Waals surface area contributed by atoms with E-state index in [1.807, 2.05) is 30.6 Å². The first kappa shape index (κ1) is 21.5. The van der Waals surface area contributed by atoms with E-state index in [1.165, 1.54) is 11.1 Å². The molecule has 1 N–H and O–H groups in total.